The van der Waals surface area contributed by atoms with Crippen molar-refractivity contribution in [3.8, 4) is 0 Å². The highest BCUT2D eigenvalue weighted by Crippen LogP contribution is 2.53. The molecule has 78 valence electrons. The fraction of sp³-hybridized carbons (Fsp3) is 0.692. The molecule has 2 aliphatic rings. The van der Waals surface area contributed by atoms with Gasteiger partial charge in [0.15, 0.2) is 0 Å². The molecule has 1 N–H and O–H groups in total. The Balaban J connectivity index is 2.43. The highest BCUT2D eigenvalue weighted by atomic mass is 16.3. The van der Waals surface area contributed by atoms with Crippen LogP contribution in [0.3, 0.4) is 0 Å². The first-order valence-electron chi connectivity index (χ1n) is 5.53. The van der Waals surface area contributed by atoms with Gasteiger partial charge in [-0.15, -0.1) is 0 Å². The summed E-state index contributed by atoms with van der Waals surface area (Å²) in [6.45, 7) is 6.66. The molecule has 0 aliphatic heterocycles. The topological polar surface area (TPSA) is 20.2 Å². The first-order chi connectivity index (χ1) is 6.47. The van der Waals surface area contributed by atoms with Crippen molar-refractivity contribution >= 4 is 0 Å². The molecule has 0 aromatic carbocycles. The molecule has 0 spiro atoms. The van der Waals surface area contributed by atoms with E-state index in [1.807, 2.05) is 0 Å². The zero-order chi connectivity index (χ0) is 10.4. The lowest BCUT2D eigenvalue weighted by atomic mass is 9.57. The van der Waals surface area contributed by atoms with Gasteiger partial charge in [0.2, 0.25) is 0 Å². The van der Waals surface area contributed by atoms with Gasteiger partial charge in [-0.1, -0.05) is 44.6 Å². The third-order valence-corrected chi connectivity index (χ3v) is 4.11. The molecule has 0 bridgehead atoms. The highest BCUT2D eigenvalue weighted by Gasteiger charge is 2.46. The van der Waals surface area contributed by atoms with Gasteiger partial charge >= 0.3 is 0 Å². The lowest BCUT2D eigenvalue weighted by molar-refractivity contribution is 0.0137. The minimum absolute atomic E-state index is 0.0439. The maximum absolute atomic E-state index is 10.0. The van der Waals surface area contributed by atoms with E-state index in [2.05, 4.69) is 39.0 Å². The molecular formula is C13H20O. The summed E-state index contributed by atoms with van der Waals surface area (Å²) in [5.74, 6) is 0. The van der Waals surface area contributed by atoms with Gasteiger partial charge < -0.3 is 5.11 Å². The van der Waals surface area contributed by atoms with Crippen LogP contribution in [-0.2, 0) is 0 Å². The average Bonchev–Trinajstić information content (AvgIpc) is 2.13. The molecule has 0 amide bonds. The Morgan fingerprint density at radius 1 is 1.36 bits per heavy atom. The summed E-state index contributed by atoms with van der Waals surface area (Å²) in [5.41, 5.74) is 1.70. The van der Waals surface area contributed by atoms with Crippen molar-refractivity contribution in [2.24, 2.45) is 10.8 Å². The Bertz CT molecular complexity index is 298. The van der Waals surface area contributed by atoms with Crippen molar-refractivity contribution in [3.05, 3.63) is 23.8 Å². The third kappa shape index (κ3) is 1.26. The molecule has 0 aromatic heterocycles. The van der Waals surface area contributed by atoms with Crippen LogP contribution < -0.4 is 0 Å². The van der Waals surface area contributed by atoms with Gasteiger partial charge in [0.1, 0.15) is 0 Å². The summed E-state index contributed by atoms with van der Waals surface area (Å²) >= 11 is 0. The molecule has 14 heavy (non-hydrogen) atoms. The van der Waals surface area contributed by atoms with Crippen LogP contribution in [0.15, 0.2) is 23.8 Å². The normalized spacial score (nSPS) is 40.3. The van der Waals surface area contributed by atoms with E-state index in [4.69, 9.17) is 0 Å². The van der Waals surface area contributed by atoms with E-state index >= 15 is 0 Å². The molecule has 1 heteroatoms. The second-order valence-electron chi connectivity index (χ2n) is 5.55. The number of aliphatic hydroxyl groups is 1. The minimum atomic E-state index is -0.173. The van der Waals surface area contributed by atoms with Crippen LogP contribution in [0.1, 0.15) is 40.0 Å². The Hall–Kier alpha value is -0.560. The minimum Gasteiger partial charge on any atom is -0.392 e. The largest absolute Gasteiger partial charge is 0.392 e. The second-order valence-corrected chi connectivity index (χ2v) is 5.55. The van der Waals surface area contributed by atoms with E-state index in [0.29, 0.717) is 5.41 Å². The number of rotatable bonds is 0. The van der Waals surface area contributed by atoms with Crippen molar-refractivity contribution in [1.29, 1.82) is 0 Å². The molecule has 1 nitrogen and oxygen atoms in total. The van der Waals surface area contributed by atoms with Gasteiger partial charge in [0.05, 0.1) is 6.10 Å². The highest BCUT2D eigenvalue weighted by molar-refractivity contribution is 5.33. The zero-order valence-corrected chi connectivity index (χ0v) is 9.38. The monoisotopic (exact) mass is 192 g/mol. The fourth-order valence-electron chi connectivity index (χ4n) is 3.03. The van der Waals surface area contributed by atoms with Crippen molar-refractivity contribution in [1.82, 2.24) is 0 Å². The predicted molar refractivity (Wildman–Crippen MR) is 59.0 cm³/mol. The van der Waals surface area contributed by atoms with Gasteiger partial charge in [-0.25, -0.2) is 0 Å². The maximum Gasteiger partial charge on any atom is 0.0628 e. The van der Waals surface area contributed by atoms with Crippen LogP contribution in [0.4, 0.5) is 0 Å². The quantitative estimate of drug-likeness (QED) is 0.625. The van der Waals surface area contributed by atoms with Crippen molar-refractivity contribution in [2.75, 3.05) is 0 Å². The van der Waals surface area contributed by atoms with Gasteiger partial charge in [-0.3, -0.25) is 0 Å². The van der Waals surface area contributed by atoms with Crippen molar-refractivity contribution in [2.45, 2.75) is 46.1 Å². The Labute approximate surface area is 86.5 Å². The van der Waals surface area contributed by atoms with Crippen LogP contribution in [0.25, 0.3) is 0 Å². The number of fused-ring (bicyclic) bond motifs is 1. The van der Waals surface area contributed by atoms with Gasteiger partial charge in [-0.05, 0) is 24.7 Å². The molecule has 0 heterocycles. The van der Waals surface area contributed by atoms with Crippen LogP contribution in [0.2, 0.25) is 0 Å². The number of aliphatic hydroxyl groups excluding tert-OH is 1. The Kier molecular flexibility index (Phi) is 2.11. The number of hydrogen-bond donors (Lipinski definition) is 1. The Morgan fingerprint density at radius 2 is 2.07 bits per heavy atom. The molecule has 0 unspecified atom stereocenters. The van der Waals surface area contributed by atoms with Crippen LogP contribution in [0, 0.1) is 10.8 Å². The first kappa shape index (κ1) is 9.97. The van der Waals surface area contributed by atoms with E-state index in [-0.39, 0.29) is 11.5 Å². The van der Waals surface area contributed by atoms with E-state index in [1.165, 1.54) is 5.57 Å². The van der Waals surface area contributed by atoms with Crippen molar-refractivity contribution < 1.29 is 5.11 Å². The molecule has 2 rings (SSSR count). The standard InChI is InChI=1S/C13H20O/c1-12(2)10-6-4-5-8-13(10,3)9-7-11(12)14/h4-6,11,14H,7-9H2,1-3H3/t11-,13-/m0/s1. The predicted octanol–water partition coefficient (Wildman–Crippen LogP) is 3.06. The van der Waals surface area contributed by atoms with Crippen molar-refractivity contribution in [3.63, 3.8) is 0 Å². The van der Waals surface area contributed by atoms with E-state index in [0.717, 1.165) is 19.3 Å². The zero-order valence-electron chi connectivity index (χ0n) is 9.38. The average molecular weight is 192 g/mol. The summed E-state index contributed by atoms with van der Waals surface area (Å²) < 4.78 is 0. The van der Waals surface area contributed by atoms with Gasteiger partial charge in [-0.2, -0.15) is 0 Å². The third-order valence-electron chi connectivity index (χ3n) is 4.11. The van der Waals surface area contributed by atoms with E-state index in [1.54, 1.807) is 0 Å². The smallest absolute Gasteiger partial charge is 0.0628 e. The molecule has 2 aliphatic carbocycles. The molecule has 0 saturated heterocycles. The second kappa shape index (κ2) is 2.96. The summed E-state index contributed by atoms with van der Waals surface area (Å²) in [6.07, 6.45) is 9.62. The lowest BCUT2D eigenvalue weighted by Crippen LogP contribution is -2.44. The van der Waals surface area contributed by atoms with E-state index < -0.39 is 0 Å². The summed E-state index contributed by atoms with van der Waals surface area (Å²) in [7, 11) is 0. The maximum atomic E-state index is 10.0. The SMILES string of the molecule is CC1(C)C2=CC=CC[C@@]2(C)CC[C@@H]1O. The fourth-order valence-corrected chi connectivity index (χ4v) is 3.03. The van der Waals surface area contributed by atoms with Crippen LogP contribution in [-0.4, -0.2) is 11.2 Å². The molecule has 1 saturated carbocycles. The van der Waals surface area contributed by atoms with Crippen LogP contribution >= 0.6 is 0 Å². The summed E-state index contributed by atoms with van der Waals surface area (Å²) in [4.78, 5) is 0. The molecule has 2 atom stereocenters. The van der Waals surface area contributed by atoms with Crippen LogP contribution in [0.5, 0.6) is 0 Å². The summed E-state index contributed by atoms with van der Waals surface area (Å²) in [5, 5.41) is 10.0. The molecular weight excluding hydrogens is 172 g/mol. The van der Waals surface area contributed by atoms with Gasteiger partial charge in [0, 0.05) is 5.41 Å². The van der Waals surface area contributed by atoms with Gasteiger partial charge in [0.25, 0.3) is 0 Å². The Morgan fingerprint density at radius 3 is 2.79 bits per heavy atom. The first-order valence-corrected chi connectivity index (χ1v) is 5.53. The number of allylic oxidation sites excluding steroid dienone is 3. The van der Waals surface area contributed by atoms with E-state index in [9.17, 15) is 5.11 Å². The molecule has 1 fully saturated rings. The molecule has 0 aromatic rings. The molecule has 0 radical (unpaired) electrons. The summed E-state index contributed by atoms with van der Waals surface area (Å²) in [6, 6.07) is 0. The lowest BCUT2D eigenvalue weighted by Gasteiger charge is -2.49. The number of hydrogen-bond acceptors (Lipinski definition) is 1.